The molecule has 1 heterocycles. The molecule has 1 aromatic heterocycles. The van der Waals surface area contributed by atoms with Gasteiger partial charge in [0.05, 0.1) is 10.7 Å². The summed E-state index contributed by atoms with van der Waals surface area (Å²) in [7, 11) is 0. The zero-order valence-corrected chi connectivity index (χ0v) is 9.61. The molecule has 0 saturated carbocycles. The van der Waals surface area contributed by atoms with Crippen LogP contribution < -0.4 is 0 Å². The molecule has 78 valence electrons. The molecule has 0 N–H and O–H groups in total. The largest absolute Gasteiger partial charge is 0.271 e. The minimum atomic E-state index is -0.149. The van der Waals surface area contributed by atoms with E-state index in [0.29, 0.717) is 13.0 Å². The van der Waals surface area contributed by atoms with Gasteiger partial charge in [-0.1, -0.05) is 18.2 Å². The van der Waals surface area contributed by atoms with Gasteiger partial charge in [-0.15, -0.1) is 0 Å². The molecule has 0 saturated heterocycles. The molecule has 15 heavy (non-hydrogen) atoms. The van der Waals surface area contributed by atoms with E-state index in [-0.39, 0.29) is 5.82 Å². The average Bonchev–Trinajstić information content (AvgIpc) is 2.63. The number of aryl methyl sites for hydroxylation is 2. The third kappa shape index (κ3) is 2.65. The maximum Gasteiger partial charge on any atom is 0.126 e. The molecule has 2 aromatic rings. The summed E-state index contributed by atoms with van der Waals surface area (Å²) in [5.74, 6) is -0.149. The summed E-state index contributed by atoms with van der Waals surface area (Å²) in [6.45, 7) is 0.687. The number of halogens is 2. The second-order valence-electron chi connectivity index (χ2n) is 3.26. The maximum atomic E-state index is 13.3. The van der Waals surface area contributed by atoms with Crippen LogP contribution in [0, 0.1) is 5.82 Å². The van der Waals surface area contributed by atoms with Gasteiger partial charge in [-0.25, -0.2) is 4.39 Å². The van der Waals surface area contributed by atoms with E-state index >= 15 is 0 Å². The minimum absolute atomic E-state index is 0.149. The quantitative estimate of drug-likeness (QED) is 0.837. The maximum absolute atomic E-state index is 13.3. The van der Waals surface area contributed by atoms with Crippen molar-refractivity contribution in [3.05, 3.63) is 52.5 Å². The summed E-state index contributed by atoms with van der Waals surface area (Å²) in [6.07, 6.45) is 4.25. The zero-order chi connectivity index (χ0) is 10.7. The fraction of sp³-hybridized carbons (Fsp3) is 0.182. The summed E-state index contributed by atoms with van der Waals surface area (Å²) in [6, 6.07) is 6.82. The van der Waals surface area contributed by atoms with Crippen LogP contribution in [-0.4, -0.2) is 9.78 Å². The van der Waals surface area contributed by atoms with Gasteiger partial charge in [0.2, 0.25) is 0 Å². The Bertz CT molecular complexity index is 453. The van der Waals surface area contributed by atoms with Crippen molar-refractivity contribution < 1.29 is 4.39 Å². The number of benzene rings is 1. The van der Waals surface area contributed by atoms with Crippen molar-refractivity contribution in [1.29, 1.82) is 0 Å². The highest BCUT2D eigenvalue weighted by Crippen LogP contribution is 2.10. The first kappa shape index (κ1) is 10.4. The molecule has 0 aliphatic rings. The van der Waals surface area contributed by atoms with Gasteiger partial charge in [0.25, 0.3) is 0 Å². The lowest BCUT2D eigenvalue weighted by atomic mass is 10.1. The number of rotatable bonds is 3. The normalized spacial score (nSPS) is 10.5. The van der Waals surface area contributed by atoms with Crippen molar-refractivity contribution >= 4 is 15.9 Å². The fourth-order valence-electron chi connectivity index (χ4n) is 1.40. The molecule has 0 unspecified atom stereocenters. The van der Waals surface area contributed by atoms with E-state index in [1.165, 1.54) is 6.07 Å². The van der Waals surface area contributed by atoms with Crippen LogP contribution in [0.1, 0.15) is 5.56 Å². The first-order valence-corrected chi connectivity index (χ1v) is 5.46. The molecule has 0 aliphatic carbocycles. The van der Waals surface area contributed by atoms with Crippen molar-refractivity contribution in [3.63, 3.8) is 0 Å². The highest BCUT2D eigenvalue weighted by atomic mass is 79.9. The molecule has 0 amide bonds. The molecule has 0 spiro atoms. The predicted octanol–water partition coefficient (Wildman–Crippen LogP) is 3.03. The van der Waals surface area contributed by atoms with Crippen LogP contribution in [0.25, 0.3) is 0 Å². The van der Waals surface area contributed by atoms with Gasteiger partial charge >= 0.3 is 0 Å². The van der Waals surface area contributed by atoms with E-state index in [0.717, 1.165) is 10.0 Å². The van der Waals surface area contributed by atoms with Crippen LogP contribution in [0.5, 0.6) is 0 Å². The summed E-state index contributed by atoms with van der Waals surface area (Å²) >= 11 is 3.32. The van der Waals surface area contributed by atoms with E-state index in [1.807, 2.05) is 12.3 Å². The minimum Gasteiger partial charge on any atom is -0.271 e. The van der Waals surface area contributed by atoms with Crippen LogP contribution in [0.15, 0.2) is 41.1 Å². The van der Waals surface area contributed by atoms with E-state index in [4.69, 9.17) is 0 Å². The van der Waals surface area contributed by atoms with E-state index in [9.17, 15) is 4.39 Å². The molecule has 1 aromatic carbocycles. The topological polar surface area (TPSA) is 17.8 Å². The van der Waals surface area contributed by atoms with Gasteiger partial charge < -0.3 is 0 Å². The number of aromatic nitrogens is 2. The molecular formula is C11H10BrFN2. The van der Waals surface area contributed by atoms with Gasteiger partial charge in [0, 0.05) is 12.7 Å². The molecule has 0 fully saturated rings. The van der Waals surface area contributed by atoms with Gasteiger partial charge in [0.1, 0.15) is 5.82 Å². The second-order valence-corrected chi connectivity index (χ2v) is 4.18. The fourth-order valence-corrected chi connectivity index (χ4v) is 1.72. The lowest BCUT2D eigenvalue weighted by molar-refractivity contribution is 0.572. The Labute approximate surface area is 95.9 Å². The Morgan fingerprint density at radius 2 is 2.13 bits per heavy atom. The molecule has 0 radical (unpaired) electrons. The first-order chi connectivity index (χ1) is 7.25. The highest BCUT2D eigenvalue weighted by molar-refractivity contribution is 9.10. The van der Waals surface area contributed by atoms with Crippen LogP contribution in [0.2, 0.25) is 0 Å². The highest BCUT2D eigenvalue weighted by Gasteiger charge is 2.01. The summed E-state index contributed by atoms with van der Waals surface area (Å²) < 4.78 is 16.0. The molecule has 0 bridgehead atoms. The van der Waals surface area contributed by atoms with Crippen molar-refractivity contribution in [2.45, 2.75) is 13.0 Å². The van der Waals surface area contributed by atoms with Gasteiger partial charge in [-0.2, -0.15) is 5.10 Å². The molecule has 0 atom stereocenters. The van der Waals surface area contributed by atoms with Crippen molar-refractivity contribution in [2.75, 3.05) is 0 Å². The van der Waals surface area contributed by atoms with Crippen LogP contribution in [0.4, 0.5) is 4.39 Å². The standard InChI is InChI=1S/C11H10BrFN2/c12-10-7-14-15(8-10)6-5-9-3-1-2-4-11(9)13/h1-4,7-8H,5-6H2. The van der Waals surface area contributed by atoms with Gasteiger partial charge in [-0.05, 0) is 34.0 Å². The third-order valence-corrected chi connectivity index (χ3v) is 2.58. The van der Waals surface area contributed by atoms with Crippen molar-refractivity contribution in [3.8, 4) is 0 Å². The summed E-state index contributed by atoms with van der Waals surface area (Å²) in [5.41, 5.74) is 0.726. The Hall–Kier alpha value is -1.16. The van der Waals surface area contributed by atoms with E-state index < -0.39 is 0 Å². The number of hydrogen-bond acceptors (Lipinski definition) is 1. The molecule has 2 rings (SSSR count). The Kier molecular flexibility index (Phi) is 3.16. The molecule has 0 aliphatic heterocycles. The number of nitrogens with zero attached hydrogens (tertiary/aromatic N) is 2. The van der Waals surface area contributed by atoms with Gasteiger partial charge in [-0.3, -0.25) is 4.68 Å². The Morgan fingerprint density at radius 3 is 2.80 bits per heavy atom. The first-order valence-electron chi connectivity index (χ1n) is 4.67. The monoisotopic (exact) mass is 268 g/mol. The lowest BCUT2D eigenvalue weighted by Crippen LogP contribution is -2.02. The van der Waals surface area contributed by atoms with E-state index in [1.54, 1.807) is 23.0 Å². The van der Waals surface area contributed by atoms with E-state index in [2.05, 4.69) is 21.0 Å². The van der Waals surface area contributed by atoms with Crippen LogP contribution >= 0.6 is 15.9 Å². The Morgan fingerprint density at radius 1 is 1.33 bits per heavy atom. The van der Waals surface area contributed by atoms with Crippen molar-refractivity contribution in [1.82, 2.24) is 9.78 Å². The Balaban J connectivity index is 2.02. The predicted molar refractivity (Wildman–Crippen MR) is 60.0 cm³/mol. The average molecular weight is 269 g/mol. The number of hydrogen-bond donors (Lipinski definition) is 0. The molecule has 4 heteroatoms. The lowest BCUT2D eigenvalue weighted by Gasteiger charge is -2.02. The summed E-state index contributed by atoms with van der Waals surface area (Å²) in [4.78, 5) is 0. The SMILES string of the molecule is Fc1ccccc1CCn1cc(Br)cn1. The van der Waals surface area contributed by atoms with Gasteiger partial charge in [0.15, 0.2) is 0 Å². The molecule has 2 nitrogen and oxygen atoms in total. The summed E-state index contributed by atoms with van der Waals surface area (Å²) in [5, 5.41) is 4.11. The molecular weight excluding hydrogens is 259 g/mol. The second kappa shape index (κ2) is 4.57. The third-order valence-electron chi connectivity index (χ3n) is 2.17. The van der Waals surface area contributed by atoms with Crippen LogP contribution in [-0.2, 0) is 13.0 Å². The van der Waals surface area contributed by atoms with Crippen LogP contribution in [0.3, 0.4) is 0 Å². The zero-order valence-electron chi connectivity index (χ0n) is 8.03. The van der Waals surface area contributed by atoms with Crippen molar-refractivity contribution in [2.24, 2.45) is 0 Å². The smallest absolute Gasteiger partial charge is 0.126 e.